The molecule has 5 heteroatoms. The molecule has 0 fully saturated rings. The van der Waals surface area contributed by atoms with Crippen molar-refractivity contribution in [3.05, 3.63) is 27.7 Å². The number of halogens is 2. The van der Waals surface area contributed by atoms with Gasteiger partial charge in [0, 0.05) is 0 Å². The maximum Gasteiger partial charge on any atom is 0.241 e. The van der Waals surface area contributed by atoms with Gasteiger partial charge < -0.3 is 11.1 Å². The molecule has 1 atom stereocenters. The van der Waals surface area contributed by atoms with Gasteiger partial charge in [0.05, 0.1) is 21.2 Å². The Hall–Kier alpha value is -0.580. The molecule has 14 heavy (non-hydrogen) atoms. The number of hydrogen-bond acceptors (Lipinski definition) is 2. The van der Waals surface area contributed by atoms with E-state index in [1.807, 2.05) is 0 Å². The van der Waals surface area contributed by atoms with Crippen LogP contribution in [-0.4, -0.2) is 11.9 Å². The number of anilines is 1. The minimum absolute atomic E-state index is 0.243. The van der Waals surface area contributed by atoms with Gasteiger partial charge >= 0.3 is 0 Å². The van der Waals surface area contributed by atoms with Gasteiger partial charge in [-0.1, -0.05) is 17.7 Å². The molecule has 3 nitrogen and oxygen atoms in total. The molecule has 0 aliphatic carbocycles. The lowest BCUT2D eigenvalue weighted by atomic mass is 10.3. The van der Waals surface area contributed by atoms with Crippen molar-refractivity contribution < 1.29 is 4.79 Å². The van der Waals surface area contributed by atoms with Crippen molar-refractivity contribution in [1.29, 1.82) is 0 Å². The van der Waals surface area contributed by atoms with E-state index < -0.39 is 6.04 Å². The van der Waals surface area contributed by atoms with E-state index in [0.717, 1.165) is 0 Å². The first-order valence-corrected chi connectivity index (χ1v) is 5.20. The molecule has 0 heterocycles. The molecule has 0 saturated heterocycles. The standard InChI is InChI=1S/C9H10BrClN2O/c1-5(12)9(14)13-7-4-2-3-6(11)8(7)10/h2-5H,12H2,1H3,(H,13,14)/t5-/m0/s1. The summed E-state index contributed by atoms with van der Waals surface area (Å²) < 4.78 is 0.663. The van der Waals surface area contributed by atoms with Crippen LogP contribution < -0.4 is 11.1 Å². The van der Waals surface area contributed by atoms with Crippen molar-refractivity contribution in [1.82, 2.24) is 0 Å². The first-order valence-electron chi connectivity index (χ1n) is 4.03. The number of rotatable bonds is 2. The molecule has 76 valence electrons. The van der Waals surface area contributed by atoms with Crippen LogP contribution in [0.4, 0.5) is 5.69 Å². The van der Waals surface area contributed by atoms with E-state index in [2.05, 4.69) is 21.2 Å². The summed E-state index contributed by atoms with van der Waals surface area (Å²) in [7, 11) is 0. The average Bonchev–Trinajstić information content (AvgIpc) is 2.12. The Morgan fingerprint density at radius 1 is 1.64 bits per heavy atom. The molecule has 0 aliphatic heterocycles. The molecule has 0 bridgehead atoms. The number of benzene rings is 1. The van der Waals surface area contributed by atoms with Crippen LogP contribution in [0.2, 0.25) is 5.02 Å². The Morgan fingerprint density at radius 2 is 2.29 bits per heavy atom. The highest BCUT2D eigenvalue weighted by atomic mass is 79.9. The van der Waals surface area contributed by atoms with Gasteiger partial charge in [0.25, 0.3) is 0 Å². The van der Waals surface area contributed by atoms with Crippen LogP contribution in [0, 0.1) is 0 Å². The van der Waals surface area contributed by atoms with Gasteiger partial charge in [-0.05, 0) is 35.0 Å². The van der Waals surface area contributed by atoms with E-state index in [0.29, 0.717) is 15.2 Å². The van der Waals surface area contributed by atoms with Crippen molar-refractivity contribution >= 4 is 39.1 Å². The summed E-state index contributed by atoms with van der Waals surface area (Å²) in [5.41, 5.74) is 6.04. The Morgan fingerprint density at radius 3 is 2.86 bits per heavy atom. The molecule has 3 N–H and O–H groups in total. The Kier molecular flexibility index (Phi) is 3.92. The minimum atomic E-state index is -0.541. The van der Waals surface area contributed by atoms with Crippen molar-refractivity contribution in [2.45, 2.75) is 13.0 Å². The quantitative estimate of drug-likeness (QED) is 0.872. The summed E-state index contributed by atoms with van der Waals surface area (Å²) in [6.07, 6.45) is 0. The summed E-state index contributed by atoms with van der Waals surface area (Å²) in [5, 5.41) is 3.20. The van der Waals surface area contributed by atoms with E-state index in [1.165, 1.54) is 0 Å². The predicted molar refractivity (Wildman–Crippen MR) is 61.4 cm³/mol. The monoisotopic (exact) mass is 276 g/mol. The van der Waals surface area contributed by atoms with Gasteiger partial charge in [-0.25, -0.2) is 0 Å². The first kappa shape index (κ1) is 11.5. The van der Waals surface area contributed by atoms with Crippen molar-refractivity contribution in [2.24, 2.45) is 5.73 Å². The third kappa shape index (κ3) is 2.70. The van der Waals surface area contributed by atoms with Crippen LogP contribution in [-0.2, 0) is 4.79 Å². The fourth-order valence-corrected chi connectivity index (χ4v) is 1.38. The summed E-state index contributed by atoms with van der Waals surface area (Å²) in [6.45, 7) is 1.62. The van der Waals surface area contributed by atoms with Gasteiger partial charge in [-0.3, -0.25) is 4.79 Å². The van der Waals surface area contributed by atoms with E-state index >= 15 is 0 Å². The number of nitrogens with one attached hydrogen (secondary N) is 1. The molecule has 1 aromatic rings. The highest BCUT2D eigenvalue weighted by Gasteiger charge is 2.10. The average molecular weight is 278 g/mol. The molecule has 0 spiro atoms. The number of amides is 1. The Balaban J connectivity index is 2.87. The summed E-state index contributed by atoms with van der Waals surface area (Å²) in [5.74, 6) is -0.243. The molecule has 0 unspecified atom stereocenters. The second-order valence-corrected chi connectivity index (χ2v) is 4.08. The lowest BCUT2D eigenvalue weighted by Crippen LogP contribution is -2.32. The number of carbonyl (C=O) groups excluding carboxylic acids is 1. The second kappa shape index (κ2) is 4.77. The second-order valence-electron chi connectivity index (χ2n) is 2.88. The lowest BCUT2D eigenvalue weighted by Gasteiger charge is -2.09. The van der Waals surface area contributed by atoms with Gasteiger partial charge in [-0.2, -0.15) is 0 Å². The summed E-state index contributed by atoms with van der Waals surface area (Å²) in [4.78, 5) is 11.3. The van der Waals surface area contributed by atoms with Gasteiger partial charge in [0.1, 0.15) is 0 Å². The third-order valence-corrected chi connectivity index (χ3v) is 3.02. The lowest BCUT2D eigenvalue weighted by molar-refractivity contribution is -0.117. The van der Waals surface area contributed by atoms with Crippen LogP contribution in [0.25, 0.3) is 0 Å². The number of hydrogen-bond donors (Lipinski definition) is 2. The van der Waals surface area contributed by atoms with E-state index in [-0.39, 0.29) is 5.91 Å². The molecule has 1 rings (SSSR count). The summed E-state index contributed by atoms with van der Waals surface area (Å²) in [6, 6.07) is 4.69. The zero-order valence-electron chi connectivity index (χ0n) is 7.55. The zero-order chi connectivity index (χ0) is 10.7. The molecule has 0 radical (unpaired) electrons. The molecule has 1 amide bonds. The van der Waals surface area contributed by atoms with Crippen molar-refractivity contribution in [3.63, 3.8) is 0 Å². The highest BCUT2D eigenvalue weighted by molar-refractivity contribution is 9.10. The Bertz CT molecular complexity index is 355. The normalized spacial score (nSPS) is 12.3. The fourth-order valence-electron chi connectivity index (χ4n) is 0.847. The van der Waals surface area contributed by atoms with Crippen LogP contribution in [0.5, 0.6) is 0 Å². The van der Waals surface area contributed by atoms with Crippen LogP contribution in [0.3, 0.4) is 0 Å². The maximum absolute atomic E-state index is 11.3. The number of nitrogens with two attached hydrogens (primary N) is 1. The number of carbonyl (C=O) groups is 1. The zero-order valence-corrected chi connectivity index (χ0v) is 9.89. The van der Waals surface area contributed by atoms with Crippen LogP contribution in [0.15, 0.2) is 22.7 Å². The highest BCUT2D eigenvalue weighted by Crippen LogP contribution is 2.29. The van der Waals surface area contributed by atoms with Gasteiger partial charge in [0.15, 0.2) is 0 Å². The molecular weight excluding hydrogens is 267 g/mol. The largest absolute Gasteiger partial charge is 0.324 e. The molecule has 0 saturated carbocycles. The topological polar surface area (TPSA) is 55.1 Å². The van der Waals surface area contributed by atoms with Crippen molar-refractivity contribution in [2.75, 3.05) is 5.32 Å². The molecule has 1 aromatic carbocycles. The minimum Gasteiger partial charge on any atom is -0.324 e. The van der Waals surface area contributed by atoms with E-state index in [4.69, 9.17) is 17.3 Å². The first-order chi connectivity index (χ1) is 6.52. The molecular formula is C9H10BrClN2O. The third-order valence-electron chi connectivity index (χ3n) is 1.62. The van der Waals surface area contributed by atoms with Crippen LogP contribution >= 0.6 is 27.5 Å². The van der Waals surface area contributed by atoms with Gasteiger partial charge in [0.2, 0.25) is 5.91 Å². The van der Waals surface area contributed by atoms with Gasteiger partial charge in [-0.15, -0.1) is 0 Å². The van der Waals surface area contributed by atoms with E-state index in [1.54, 1.807) is 25.1 Å². The van der Waals surface area contributed by atoms with Crippen LogP contribution in [0.1, 0.15) is 6.92 Å². The maximum atomic E-state index is 11.3. The smallest absolute Gasteiger partial charge is 0.241 e. The SMILES string of the molecule is C[C@H](N)C(=O)Nc1cccc(Cl)c1Br. The summed E-state index contributed by atoms with van der Waals surface area (Å²) >= 11 is 9.12. The fraction of sp³-hybridized carbons (Fsp3) is 0.222. The predicted octanol–water partition coefficient (Wildman–Crippen LogP) is 2.39. The Labute approximate surface area is 95.7 Å². The van der Waals surface area contributed by atoms with E-state index in [9.17, 15) is 4.79 Å². The molecule has 0 aliphatic rings. The molecule has 0 aromatic heterocycles. The van der Waals surface area contributed by atoms with Crippen molar-refractivity contribution in [3.8, 4) is 0 Å².